The largest absolute Gasteiger partial charge is 0.397 e. The van der Waals surface area contributed by atoms with E-state index in [4.69, 9.17) is 5.73 Å². The number of hydrogen-bond donors (Lipinski definition) is 2. The summed E-state index contributed by atoms with van der Waals surface area (Å²) in [6, 6.07) is 5.69. The van der Waals surface area contributed by atoms with Gasteiger partial charge in [-0.15, -0.1) is 11.3 Å². The minimum Gasteiger partial charge on any atom is -0.397 e. The molecule has 0 saturated carbocycles. The van der Waals surface area contributed by atoms with Crippen molar-refractivity contribution in [2.45, 2.75) is 0 Å². The van der Waals surface area contributed by atoms with E-state index in [0.29, 0.717) is 10.6 Å². The van der Waals surface area contributed by atoms with E-state index in [1.807, 2.05) is 18.2 Å². The quantitative estimate of drug-likeness (QED) is 0.884. The van der Waals surface area contributed by atoms with Crippen LogP contribution in [0, 0.1) is 0 Å². The molecule has 1 aromatic heterocycles. The Morgan fingerprint density at radius 1 is 1.45 bits per heavy atom. The zero-order chi connectivity index (χ0) is 14.9. The molecule has 0 atom stereocenters. The maximum absolute atomic E-state index is 12.4. The number of halogens is 1. The zero-order valence-corrected chi connectivity index (χ0v) is 13.5. The van der Waals surface area contributed by atoms with Gasteiger partial charge in [0.15, 0.2) is 0 Å². The highest BCUT2D eigenvalue weighted by Crippen LogP contribution is 2.38. The molecule has 0 unspecified atom stereocenters. The number of benzene rings is 1. The SMILES string of the molecule is CNC(=O)CN(C)C(=O)c1sc2cccc(Br)c2c1N. The summed E-state index contributed by atoms with van der Waals surface area (Å²) in [6.45, 7) is 0.00415. The molecule has 1 aromatic carbocycles. The first-order chi connectivity index (χ1) is 9.45. The summed E-state index contributed by atoms with van der Waals surface area (Å²) in [5.41, 5.74) is 6.52. The number of nitrogens with zero attached hydrogens (tertiary/aromatic N) is 1. The van der Waals surface area contributed by atoms with Gasteiger partial charge in [-0.25, -0.2) is 0 Å². The Hall–Kier alpha value is -1.60. The van der Waals surface area contributed by atoms with Gasteiger partial charge < -0.3 is 16.0 Å². The van der Waals surface area contributed by atoms with Crippen LogP contribution in [0.25, 0.3) is 10.1 Å². The lowest BCUT2D eigenvalue weighted by Crippen LogP contribution is -2.36. The highest BCUT2D eigenvalue weighted by atomic mass is 79.9. The molecule has 106 valence electrons. The number of carbonyl (C=O) groups excluding carboxylic acids is 2. The average molecular weight is 356 g/mol. The summed E-state index contributed by atoms with van der Waals surface area (Å²) in [6.07, 6.45) is 0. The third-order valence-corrected chi connectivity index (χ3v) is 4.72. The number of nitrogens with two attached hydrogens (primary N) is 1. The number of nitrogens with one attached hydrogen (secondary N) is 1. The second kappa shape index (κ2) is 5.80. The molecule has 7 heteroatoms. The van der Waals surface area contributed by atoms with Gasteiger partial charge in [-0.05, 0) is 12.1 Å². The molecule has 1 heterocycles. The third-order valence-electron chi connectivity index (χ3n) is 2.90. The Kier molecular flexibility index (Phi) is 4.29. The van der Waals surface area contributed by atoms with E-state index < -0.39 is 0 Å². The number of carbonyl (C=O) groups is 2. The van der Waals surface area contributed by atoms with Crippen LogP contribution in [0.3, 0.4) is 0 Å². The number of hydrogen-bond acceptors (Lipinski definition) is 4. The predicted molar refractivity (Wildman–Crippen MR) is 85.0 cm³/mol. The van der Waals surface area contributed by atoms with Crippen LogP contribution in [0.2, 0.25) is 0 Å². The van der Waals surface area contributed by atoms with Gasteiger partial charge in [0.05, 0.1) is 12.2 Å². The summed E-state index contributed by atoms with van der Waals surface area (Å²) in [5.74, 6) is -0.471. The Labute approximate surface area is 128 Å². The molecule has 2 rings (SSSR count). The summed E-state index contributed by atoms with van der Waals surface area (Å²) >= 11 is 4.77. The molecule has 0 aliphatic carbocycles. The Morgan fingerprint density at radius 3 is 2.75 bits per heavy atom. The topological polar surface area (TPSA) is 75.4 Å². The standard InChI is InChI=1S/C13H14BrN3O2S/c1-16-9(18)6-17(2)13(19)12-11(15)10-7(14)4-3-5-8(10)20-12/h3-5H,6,15H2,1-2H3,(H,16,18). The lowest BCUT2D eigenvalue weighted by Gasteiger charge is -2.15. The van der Waals surface area contributed by atoms with Crippen LogP contribution in [0.4, 0.5) is 5.69 Å². The molecule has 5 nitrogen and oxygen atoms in total. The fourth-order valence-corrected chi connectivity index (χ4v) is 3.68. The first kappa shape index (κ1) is 14.8. The van der Waals surface area contributed by atoms with Gasteiger partial charge in [-0.3, -0.25) is 9.59 Å². The normalized spacial score (nSPS) is 10.6. The molecule has 0 spiro atoms. The molecule has 20 heavy (non-hydrogen) atoms. The van der Waals surface area contributed by atoms with Crippen molar-refractivity contribution in [3.63, 3.8) is 0 Å². The smallest absolute Gasteiger partial charge is 0.266 e. The maximum Gasteiger partial charge on any atom is 0.266 e. The van der Waals surface area contributed by atoms with Crippen molar-refractivity contribution in [3.05, 3.63) is 27.5 Å². The van der Waals surface area contributed by atoms with Crippen molar-refractivity contribution >= 4 is 54.9 Å². The molecular weight excluding hydrogens is 342 g/mol. The number of fused-ring (bicyclic) bond motifs is 1. The molecule has 2 amide bonds. The molecule has 3 N–H and O–H groups in total. The Morgan fingerprint density at radius 2 is 2.15 bits per heavy atom. The van der Waals surface area contributed by atoms with Crippen LogP contribution >= 0.6 is 27.3 Å². The summed E-state index contributed by atoms with van der Waals surface area (Å²) in [4.78, 5) is 25.5. The molecule has 0 fully saturated rings. The minimum atomic E-state index is -0.251. The molecule has 0 saturated heterocycles. The van der Waals surface area contributed by atoms with Gasteiger partial charge in [0.25, 0.3) is 5.91 Å². The molecule has 0 aliphatic heterocycles. The Balaban J connectivity index is 2.38. The number of anilines is 1. The molecule has 0 bridgehead atoms. The molecule has 0 radical (unpaired) electrons. The van der Waals surface area contributed by atoms with Gasteiger partial charge in [-0.2, -0.15) is 0 Å². The van der Waals surface area contributed by atoms with Crippen molar-refractivity contribution in [3.8, 4) is 0 Å². The van der Waals surface area contributed by atoms with Gasteiger partial charge in [-0.1, -0.05) is 22.0 Å². The van der Waals surface area contributed by atoms with Crippen LogP contribution in [-0.4, -0.2) is 37.4 Å². The van der Waals surface area contributed by atoms with Gasteiger partial charge in [0, 0.05) is 28.7 Å². The fraction of sp³-hybridized carbons (Fsp3) is 0.231. The lowest BCUT2D eigenvalue weighted by atomic mass is 10.2. The van der Waals surface area contributed by atoms with Crippen molar-refractivity contribution in [1.29, 1.82) is 0 Å². The first-order valence-corrected chi connectivity index (χ1v) is 7.49. The minimum absolute atomic E-state index is 0.00415. The van der Waals surface area contributed by atoms with E-state index in [1.54, 1.807) is 7.05 Å². The van der Waals surface area contributed by atoms with E-state index in [9.17, 15) is 9.59 Å². The monoisotopic (exact) mass is 355 g/mol. The predicted octanol–water partition coefficient (Wildman–Crippen LogP) is 2.06. The molecule has 2 aromatic rings. The van der Waals surface area contributed by atoms with Crippen LogP contribution in [-0.2, 0) is 4.79 Å². The Bertz CT molecular complexity index is 684. The second-order valence-corrected chi connectivity index (χ2v) is 6.20. The summed E-state index contributed by atoms with van der Waals surface area (Å²) in [7, 11) is 3.11. The van der Waals surface area contributed by atoms with E-state index in [2.05, 4.69) is 21.2 Å². The van der Waals surface area contributed by atoms with Gasteiger partial charge >= 0.3 is 0 Å². The number of thiophene rings is 1. The van der Waals surface area contributed by atoms with Crippen molar-refractivity contribution in [2.75, 3.05) is 26.4 Å². The van der Waals surface area contributed by atoms with E-state index in [1.165, 1.54) is 23.3 Å². The number of rotatable bonds is 3. The number of nitrogen functional groups attached to an aromatic ring is 1. The van der Waals surface area contributed by atoms with Gasteiger partial charge in [0.1, 0.15) is 4.88 Å². The highest BCUT2D eigenvalue weighted by Gasteiger charge is 2.21. The summed E-state index contributed by atoms with van der Waals surface area (Å²) < 4.78 is 1.80. The van der Waals surface area contributed by atoms with Crippen molar-refractivity contribution in [1.82, 2.24) is 10.2 Å². The van der Waals surface area contributed by atoms with Crippen LogP contribution in [0.5, 0.6) is 0 Å². The van der Waals surface area contributed by atoms with Gasteiger partial charge in [0.2, 0.25) is 5.91 Å². The van der Waals surface area contributed by atoms with Crippen molar-refractivity contribution < 1.29 is 9.59 Å². The van der Waals surface area contributed by atoms with Crippen LogP contribution in [0.15, 0.2) is 22.7 Å². The molecular formula is C13H14BrN3O2S. The van der Waals surface area contributed by atoms with E-state index in [0.717, 1.165) is 14.6 Å². The van der Waals surface area contributed by atoms with Crippen molar-refractivity contribution in [2.24, 2.45) is 0 Å². The lowest BCUT2D eigenvalue weighted by molar-refractivity contribution is -0.121. The summed E-state index contributed by atoms with van der Waals surface area (Å²) in [5, 5.41) is 3.33. The average Bonchev–Trinajstić information content (AvgIpc) is 2.76. The number of amides is 2. The van der Waals surface area contributed by atoms with Crippen LogP contribution in [0.1, 0.15) is 9.67 Å². The van der Waals surface area contributed by atoms with E-state index >= 15 is 0 Å². The first-order valence-electron chi connectivity index (χ1n) is 5.88. The fourth-order valence-electron chi connectivity index (χ4n) is 1.83. The van der Waals surface area contributed by atoms with E-state index in [-0.39, 0.29) is 18.4 Å². The highest BCUT2D eigenvalue weighted by molar-refractivity contribution is 9.10. The molecule has 0 aliphatic rings. The number of likely N-dealkylation sites (N-methyl/N-ethyl adjacent to an activating group) is 2. The van der Waals surface area contributed by atoms with Crippen LogP contribution < -0.4 is 11.1 Å². The second-order valence-electron chi connectivity index (χ2n) is 4.29. The zero-order valence-electron chi connectivity index (χ0n) is 11.1. The third kappa shape index (κ3) is 2.64. The maximum atomic E-state index is 12.4.